The summed E-state index contributed by atoms with van der Waals surface area (Å²) in [5, 5.41) is 4.67. The number of likely N-dealkylation sites (N-methyl/N-ethyl adjacent to an activating group) is 1. The lowest BCUT2D eigenvalue weighted by molar-refractivity contribution is -0.120. The molecule has 0 atom stereocenters. The van der Waals surface area contributed by atoms with E-state index in [0.717, 1.165) is 18.5 Å². The van der Waals surface area contributed by atoms with E-state index in [-0.39, 0.29) is 11.7 Å². The van der Waals surface area contributed by atoms with Gasteiger partial charge in [-0.25, -0.2) is 18.4 Å². The first-order valence-electron chi connectivity index (χ1n) is 11.7. The van der Waals surface area contributed by atoms with E-state index < -0.39 is 9.84 Å². The number of carbonyl (C=O) groups excluding carboxylic acids is 1. The Labute approximate surface area is 218 Å². The van der Waals surface area contributed by atoms with Crippen LogP contribution in [0.3, 0.4) is 0 Å². The van der Waals surface area contributed by atoms with Gasteiger partial charge < -0.3 is 23.8 Å². The molecule has 10 nitrogen and oxygen atoms in total. The Balaban J connectivity index is 1.91. The van der Waals surface area contributed by atoms with Gasteiger partial charge in [0.15, 0.2) is 9.84 Å². The fourth-order valence-electron chi connectivity index (χ4n) is 4.16. The minimum absolute atomic E-state index is 0.179. The molecule has 3 rings (SSSR count). The maximum absolute atomic E-state index is 13.1. The third-order valence-electron chi connectivity index (χ3n) is 6.10. The molecule has 1 aliphatic rings. The van der Waals surface area contributed by atoms with E-state index >= 15 is 0 Å². The molecule has 1 heterocycles. The predicted octanol–water partition coefficient (Wildman–Crippen LogP) is 2.82. The molecule has 0 aromatic heterocycles. The molecule has 1 aliphatic heterocycles. The van der Waals surface area contributed by atoms with Crippen molar-refractivity contribution in [3.8, 4) is 23.0 Å². The van der Waals surface area contributed by atoms with Crippen LogP contribution in [0.15, 0.2) is 35.7 Å². The Hall–Kier alpha value is -3.28. The highest BCUT2D eigenvalue weighted by atomic mass is 32.2. The van der Waals surface area contributed by atoms with Crippen LogP contribution in [0.5, 0.6) is 23.0 Å². The first kappa shape index (κ1) is 28.3. The fourth-order valence-corrected chi connectivity index (χ4v) is 5.24. The molecular weight excluding hydrogens is 498 g/mol. The van der Waals surface area contributed by atoms with Crippen LogP contribution in [0.25, 0.3) is 6.08 Å². The maximum atomic E-state index is 13.1. The average molecular weight is 534 g/mol. The second-order valence-corrected chi connectivity index (χ2v) is 10.5. The summed E-state index contributed by atoms with van der Waals surface area (Å²) in [6, 6.07) is 8.37. The number of sulfone groups is 1. The van der Waals surface area contributed by atoms with Crippen molar-refractivity contribution in [2.45, 2.75) is 12.7 Å². The normalized spacial score (nSPS) is 15.0. The van der Waals surface area contributed by atoms with E-state index in [2.05, 4.69) is 4.90 Å². The summed E-state index contributed by atoms with van der Waals surface area (Å²) in [6.45, 7) is 4.43. The van der Waals surface area contributed by atoms with Crippen LogP contribution in [0.4, 0.5) is 5.69 Å². The Morgan fingerprint density at radius 3 is 2.03 bits per heavy atom. The summed E-state index contributed by atoms with van der Waals surface area (Å²) in [4.78, 5) is 14.9. The molecule has 0 unspecified atom stereocenters. The van der Waals surface area contributed by atoms with Crippen molar-refractivity contribution in [3.63, 3.8) is 0 Å². The molecule has 202 valence electrons. The predicted molar refractivity (Wildman–Crippen MR) is 143 cm³/mol. The molecule has 2 aromatic rings. The van der Waals surface area contributed by atoms with Crippen molar-refractivity contribution in [2.75, 3.05) is 66.7 Å². The van der Waals surface area contributed by atoms with Gasteiger partial charge in [-0.1, -0.05) is 6.07 Å². The van der Waals surface area contributed by atoms with Crippen LogP contribution >= 0.6 is 0 Å². The van der Waals surface area contributed by atoms with Gasteiger partial charge in [-0.15, -0.1) is 0 Å². The van der Waals surface area contributed by atoms with Gasteiger partial charge in [0.1, 0.15) is 28.7 Å². The molecular formula is C26H35N3O7S. The van der Waals surface area contributed by atoms with Crippen molar-refractivity contribution in [1.29, 1.82) is 0 Å². The van der Waals surface area contributed by atoms with E-state index in [4.69, 9.17) is 18.9 Å². The minimum Gasteiger partial charge on any atom is -0.496 e. The quantitative estimate of drug-likeness (QED) is 0.457. The first-order valence-corrected chi connectivity index (χ1v) is 13.5. The number of carbonyl (C=O) groups is 1. The number of hydrogen-bond acceptors (Lipinski definition) is 9. The molecule has 0 spiro atoms. The van der Waals surface area contributed by atoms with Gasteiger partial charge in [-0.2, -0.15) is 0 Å². The monoisotopic (exact) mass is 533 g/mol. The van der Waals surface area contributed by atoms with E-state index in [1.54, 1.807) is 35.3 Å². The molecule has 0 radical (unpaired) electrons. The van der Waals surface area contributed by atoms with Crippen molar-refractivity contribution in [2.24, 2.45) is 0 Å². The molecule has 1 amide bonds. The van der Waals surface area contributed by atoms with Gasteiger partial charge in [0.25, 0.3) is 0 Å². The van der Waals surface area contributed by atoms with E-state index in [1.807, 2.05) is 12.1 Å². The van der Waals surface area contributed by atoms with Crippen molar-refractivity contribution in [3.05, 3.63) is 46.9 Å². The van der Waals surface area contributed by atoms with Gasteiger partial charge in [-0.3, -0.25) is 4.79 Å². The van der Waals surface area contributed by atoms with Crippen LogP contribution in [-0.2, 0) is 20.4 Å². The number of hydrogen-bond donors (Lipinski definition) is 0. The summed E-state index contributed by atoms with van der Waals surface area (Å²) >= 11 is 0. The lowest BCUT2D eigenvalue weighted by Crippen LogP contribution is -2.54. The van der Waals surface area contributed by atoms with Crippen molar-refractivity contribution < 1.29 is 32.2 Å². The fraction of sp³-hybridized carbons (Fsp3) is 0.423. The van der Waals surface area contributed by atoms with E-state index in [0.29, 0.717) is 52.9 Å². The number of amides is 1. The molecule has 11 heteroatoms. The van der Waals surface area contributed by atoms with Gasteiger partial charge in [0.05, 0.1) is 39.8 Å². The van der Waals surface area contributed by atoms with Crippen LogP contribution in [0, 0.1) is 0 Å². The summed E-state index contributed by atoms with van der Waals surface area (Å²) in [7, 11) is 4.35. The Morgan fingerprint density at radius 1 is 0.919 bits per heavy atom. The molecule has 37 heavy (non-hydrogen) atoms. The number of nitrogens with zero attached hydrogens (tertiary/aromatic N) is 3. The Morgan fingerprint density at radius 2 is 1.51 bits per heavy atom. The second-order valence-electron chi connectivity index (χ2n) is 8.65. The van der Waals surface area contributed by atoms with Crippen molar-refractivity contribution >= 4 is 27.5 Å². The number of anilines is 1. The standard InChI is InChI=1S/C26H35N3O7S/c1-19(30)29(28-12-10-27(2)11-13-28)23-15-20(7-8-24(23)34-4)18-37(31,32)14-9-22-25(35-5)16-21(33-3)17-26(22)36-6/h7-9,14-17H,10-13,18H2,1-6H3. The molecule has 0 aliphatic carbocycles. The smallest absolute Gasteiger partial charge is 0.238 e. The number of ether oxygens (including phenoxy) is 4. The molecule has 2 aromatic carbocycles. The molecule has 0 N–H and O–H groups in total. The molecule has 0 bridgehead atoms. The SMILES string of the molecule is COc1cc(OC)c(C=CS(=O)(=O)Cc2ccc(OC)c(N(C(C)=O)N3CCN(C)CC3)c2)c(OC)c1. The van der Waals surface area contributed by atoms with Crippen LogP contribution in [0.1, 0.15) is 18.1 Å². The van der Waals surface area contributed by atoms with Gasteiger partial charge >= 0.3 is 0 Å². The average Bonchev–Trinajstić information content (AvgIpc) is 2.88. The Kier molecular flexibility index (Phi) is 9.41. The summed E-state index contributed by atoms with van der Waals surface area (Å²) < 4.78 is 47.7. The zero-order valence-electron chi connectivity index (χ0n) is 22.2. The van der Waals surface area contributed by atoms with Gasteiger partial charge in [-0.05, 0) is 30.8 Å². The third-order valence-corrected chi connectivity index (χ3v) is 7.38. The summed E-state index contributed by atoms with van der Waals surface area (Å²) in [6.07, 6.45) is 1.45. The Bertz CT molecular complexity index is 1210. The number of methoxy groups -OCH3 is 4. The summed E-state index contributed by atoms with van der Waals surface area (Å²) in [5.41, 5.74) is 1.51. The van der Waals surface area contributed by atoms with Gasteiger partial charge in [0, 0.05) is 50.6 Å². The second kappa shape index (κ2) is 12.3. The number of rotatable bonds is 10. The van der Waals surface area contributed by atoms with E-state index in [1.165, 1.54) is 41.4 Å². The highest BCUT2D eigenvalue weighted by Gasteiger charge is 2.27. The lowest BCUT2D eigenvalue weighted by Gasteiger charge is -2.40. The van der Waals surface area contributed by atoms with E-state index in [9.17, 15) is 13.2 Å². The maximum Gasteiger partial charge on any atom is 0.238 e. The lowest BCUT2D eigenvalue weighted by atomic mass is 10.1. The van der Waals surface area contributed by atoms with Crippen LogP contribution < -0.4 is 24.0 Å². The minimum atomic E-state index is -3.70. The number of piperazine rings is 1. The first-order chi connectivity index (χ1) is 17.6. The number of benzene rings is 2. The summed E-state index contributed by atoms with van der Waals surface area (Å²) in [5.74, 6) is 1.39. The largest absolute Gasteiger partial charge is 0.496 e. The molecule has 1 saturated heterocycles. The highest BCUT2D eigenvalue weighted by molar-refractivity contribution is 7.93. The zero-order valence-corrected chi connectivity index (χ0v) is 23.0. The van der Waals surface area contributed by atoms with Gasteiger partial charge in [0.2, 0.25) is 5.91 Å². The number of hydrazine groups is 1. The highest BCUT2D eigenvalue weighted by Crippen LogP contribution is 2.36. The van der Waals surface area contributed by atoms with Crippen LogP contribution in [-0.4, -0.2) is 85.9 Å². The van der Waals surface area contributed by atoms with Crippen LogP contribution in [0.2, 0.25) is 0 Å². The topological polar surface area (TPSA) is 97.8 Å². The van der Waals surface area contributed by atoms with Crippen molar-refractivity contribution in [1.82, 2.24) is 9.91 Å². The molecule has 1 fully saturated rings. The zero-order chi connectivity index (χ0) is 27.2. The third kappa shape index (κ3) is 6.94. The molecule has 0 saturated carbocycles.